The summed E-state index contributed by atoms with van der Waals surface area (Å²) >= 11 is 0. The van der Waals surface area contributed by atoms with Crippen LogP contribution in [-0.2, 0) is 46.3 Å². The van der Waals surface area contributed by atoms with Gasteiger partial charge in [0.25, 0.3) is 5.91 Å². The lowest BCUT2D eigenvalue weighted by atomic mass is 9.93. The average Bonchev–Trinajstić information content (AvgIpc) is 3.37. The highest BCUT2D eigenvalue weighted by Gasteiger charge is 2.36. The monoisotopic (exact) mass is 1000 g/mol. The van der Waals surface area contributed by atoms with Crippen LogP contribution in [0.5, 0.6) is 11.5 Å². The first-order valence-electron chi connectivity index (χ1n) is 24.8. The minimum absolute atomic E-state index is 0.0516. The molecule has 5 N–H and O–H groups in total. The number of esters is 1. The maximum Gasteiger partial charge on any atom is 0.407 e. The highest BCUT2D eigenvalue weighted by Crippen LogP contribution is 2.40. The summed E-state index contributed by atoms with van der Waals surface area (Å²) in [6.07, 6.45) is 3.58. The third-order valence-corrected chi connectivity index (χ3v) is 12.5. The minimum Gasteiger partial charge on any atom is -0.496 e. The quantitative estimate of drug-likeness (QED) is 0.0484. The fourth-order valence-electron chi connectivity index (χ4n) is 8.40. The fourth-order valence-corrected chi connectivity index (χ4v) is 8.40. The van der Waals surface area contributed by atoms with Crippen molar-refractivity contribution in [3.05, 3.63) is 107 Å². The van der Waals surface area contributed by atoms with Gasteiger partial charge in [0.2, 0.25) is 23.6 Å². The zero-order chi connectivity index (χ0) is 53.4. The van der Waals surface area contributed by atoms with Gasteiger partial charge in [-0.25, -0.2) is 9.59 Å². The van der Waals surface area contributed by atoms with Crippen LogP contribution < -0.4 is 36.1 Å². The summed E-state index contributed by atoms with van der Waals surface area (Å²) < 4.78 is 21.9. The Labute approximate surface area is 428 Å². The van der Waals surface area contributed by atoms with Crippen LogP contribution in [0.1, 0.15) is 107 Å². The van der Waals surface area contributed by atoms with Gasteiger partial charge in [-0.3, -0.25) is 24.0 Å². The maximum atomic E-state index is 14.9. The van der Waals surface area contributed by atoms with Crippen molar-refractivity contribution in [1.29, 1.82) is 0 Å². The largest absolute Gasteiger partial charge is 0.496 e. The van der Waals surface area contributed by atoms with Crippen LogP contribution in [-0.4, -0.2) is 112 Å². The number of nitrogens with zero attached hydrogens (tertiary/aromatic N) is 1. The highest BCUT2D eigenvalue weighted by atomic mass is 16.6. The lowest BCUT2D eigenvalue weighted by Gasteiger charge is -2.33. The van der Waals surface area contributed by atoms with Gasteiger partial charge < -0.3 is 50.4 Å². The van der Waals surface area contributed by atoms with E-state index in [0.717, 1.165) is 30.4 Å². The number of unbranched alkanes of at least 4 members (excludes halogenated alkanes) is 2. The van der Waals surface area contributed by atoms with E-state index in [1.54, 1.807) is 76.2 Å². The summed E-state index contributed by atoms with van der Waals surface area (Å²) in [6, 6.07) is 21.0. The number of methoxy groups -OCH3 is 3. The van der Waals surface area contributed by atoms with Crippen molar-refractivity contribution in [3.8, 4) is 33.8 Å². The number of carbonyl (C=O) groups excluding carboxylic acids is 7. The molecule has 0 aromatic heterocycles. The Kier molecular flexibility index (Phi) is 20.4. The van der Waals surface area contributed by atoms with E-state index in [1.807, 2.05) is 12.1 Å². The van der Waals surface area contributed by atoms with E-state index in [9.17, 15) is 33.6 Å². The van der Waals surface area contributed by atoms with Gasteiger partial charge in [-0.05, 0) is 124 Å². The molecule has 5 rings (SSSR count). The van der Waals surface area contributed by atoms with Crippen LogP contribution in [0.4, 0.5) is 4.79 Å². The number of rotatable bonds is 19. The number of alkyl carbamates (subject to hydrolysis) is 1. The van der Waals surface area contributed by atoms with Crippen molar-refractivity contribution in [2.24, 2.45) is 5.92 Å². The number of aryl methyl sites for hydroxylation is 1. The van der Waals surface area contributed by atoms with Gasteiger partial charge in [-0.2, -0.15) is 0 Å². The number of ether oxygens (including phenoxy) is 4. The van der Waals surface area contributed by atoms with E-state index >= 15 is 0 Å². The Balaban J connectivity index is 1.41. The normalized spacial score (nSPS) is 16.5. The zero-order valence-electron chi connectivity index (χ0n) is 43.8. The van der Waals surface area contributed by atoms with Gasteiger partial charge in [0.05, 0.1) is 27.2 Å². The molecule has 5 atom stereocenters. The molecule has 0 aliphatic carbocycles. The number of hydrogen-bond acceptors (Lipinski definition) is 11. The zero-order valence-corrected chi connectivity index (χ0v) is 43.8. The number of amides is 6. The smallest absolute Gasteiger partial charge is 0.407 e. The second kappa shape index (κ2) is 26.3. The number of hydrogen-bond donors (Lipinski definition) is 5. The maximum absolute atomic E-state index is 14.9. The van der Waals surface area contributed by atoms with Gasteiger partial charge in [0, 0.05) is 43.2 Å². The molecule has 0 saturated carbocycles. The van der Waals surface area contributed by atoms with E-state index in [0.29, 0.717) is 52.2 Å². The Hall–Kier alpha value is -7.43. The van der Waals surface area contributed by atoms with E-state index < -0.39 is 71.4 Å². The van der Waals surface area contributed by atoms with Crippen LogP contribution >= 0.6 is 0 Å². The summed E-state index contributed by atoms with van der Waals surface area (Å²) in [6.45, 7) is 10.7. The molecule has 0 saturated heterocycles. The Bertz CT molecular complexity index is 2580. The predicted molar refractivity (Wildman–Crippen MR) is 278 cm³/mol. The highest BCUT2D eigenvalue weighted by molar-refractivity contribution is 5.97. The molecule has 6 amide bonds. The van der Waals surface area contributed by atoms with Crippen molar-refractivity contribution < 1.29 is 52.5 Å². The first kappa shape index (κ1) is 56.5. The lowest BCUT2D eigenvalue weighted by Crippen LogP contribution is -2.55. The number of fused-ring (bicyclic) bond motifs is 5. The second-order valence-electron chi connectivity index (χ2n) is 19.3. The van der Waals surface area contributed by atoms with E-state index in [2.05, 4.69) is 57.8 Å². The van der Waals surface area contributed by atoms with E-state index in [1.165, 1.54) is 45.8 Å². The first-order valence-corrected chi connectivity index (χ1v) is 24.8. The molecular formula is C56H72N6O11. The van der Waals surface area contributed by atoms with Crippen LogP contribution in [0.2, 0.25) is 0 Å². The minimum atomic E-state index is -1.39. The molecule has 5 unspecified atom stereocenters. The van der Waals surface area contributed by atoms with Crippen molar-refractivity contribution in [2.45, 2.75) is 116 Å². The molecule has 4 bridgehead atoms. The third kappa shape index (κ3) is 15.8. The standard InChI is InChI=1S/C56H72N6O11/c1-11-12-15-36-17-20-38(21-18-36)39-22-24-40(25-23-39)51(65)58-33-34(2)49(63)60-44(16-13-14-29-57-55(69)73-56(4,5)6)53(67)62(7)48-41-26-28-47(71-9)43(32-41)42-30-37(19-27-46(42)70-8)31-45(54(68)72-10)61-50(64)35(3)59-52(48)66/h17-28,30,32,34-35,44-45,48H,11-16,29,31,33H2,1-10H3,(H,57,69)(H,58,65)(H,59,66)(H,60,63)(H,61,64). The molecule has 73 heavy (non-hydrogen) atoms. The molecule has 1 aliphatic rings. The predicted octanol–water partition coefficient (Wildman–Crippen LogP) is 6.84. The Morgan fingerprint density at radius 1 is 0.781 bits per heavy atom. The Morgan fingerprint density at radius 2 is 1.41 bits per heavy atom. The van der Waals surface area contributed by atoms with Crippen molar-refractivity contribution >= 4 is 41.6 Å². The molecule has 4 aromatic rings. The molecule has 17 heteroatoms. The van der Waals surface area contributed by atoms with Crippen molar-refractivity contribution in [1.82, 2.24) is 31.5 Å². The SMILES string of the molecule is CCCCc1ccc(-c2ccc(C(=O)NCC(C)C(=O)NC(CCCCNC(=O)OC(C)(C)C)C(=O)N(C)C3C(=O)NC(C)C(=O)NC(C(=O)OC)Cc4ccc(OC)c(c4)-c4cc3ccc4OC)cc2)cc1. The van der Waals surface area contributed by atoms with Crippen molar-refractivity contribution in [3.63, 3.8) is 0 Å². The fraction of sp³-hybridized carbons (Fsp3) is 0.446. The number of nitrogens with one attached hydrogen (secondary N) is 5. The van der Waals surface area contributed by atoms with Crippen LogP contribution in [0.15, 0.2) is 84.9 Å². The molecule has 0 fully saturated rings. The van der Waals surface area contributed by atoms with Crippen LogP contribution in [0.3, 0.4) is 0 Å². The van der Waals surface area contributed by atoms with Gasteiger partial charge in [-0.1, -0.05) is 68.8 Å². The molecule has 17 nitrogen and oxygen atoms in total. The molecule has 1 aliphatic heterocycles. The second-order valence-corrected chi connectivity index (χ2v) is 19.3. The lowest BCUT2D eigenvalue weighted by molar-refractivity contribution is -0.145. The molecular weight excluding hydrogens is 933 g/mol. The van der Waals surface area contributed by atoms with Crippen LogP contribution in [0.25, 0.3) is 22.3 Å². The van der Waals surface area contributed by atoms with Gasteiger partial charge in [-0.15, -0.1) is 0 Å². The molecule has 4 aromatic carbocycles. The van der Waals surface area contributed by atoms with E-state index in [-0.39, 0.29) is 31.8 Å². The molecule has 0 radical (unpaired) electrons. The summed E-state index contributed by atoms with van der Waals surface area (Å²) in [7, 11) is 5.63. The topological polar surface area (TPSA) is 220 Å². The average molecular weight is 1010 g/mol. The molecule has 0 spiro atoms. The number of benzene rings is 4. The number of carbonyl (C=O) groups is 7. The Morgan fingerprint density at radius 3 is 2.03 bits per heavy atom. The summed E-state index contributed by atoms with van der Waals surface area (Å²) in [5.41, 5.74) is 5.01. The van der Waals surface area contributed by atoms with Gasteiger partial charge in [0.1, 0.15) is 41.3 Å². The first-order chi connectivity index (χ1) is 34.8. The third-order valence-electron chi connectivity index (χ3n) is 12.5. The van der Waals surface area contributed by atoms with Gasteiger partial charge >= 0.3 is 12.1 Å². The van der Waals surface area contributed by atoms with Crippen LogP contribution in [0, 0.1) is 5.92 Å². The molecule has 392 valence electrons. The van der Waals surface area contributed by atoms with Gasteiger partial charge in [0.15, 0.2) is 0 Å². The summed E-state index contributed by atoms with van der Waals surface area (Å²) in [4.78, 5) is 97.2. The van der Waals surface area contributed by atoms with E-state index in [4.69, 9.17) is 18.9 Å². The van der Waals surface area contributed by atoms with Crippen molar-refractivity contribution in [2.75, 3.05) is 41.5 Å². The number of likely N-dealkylation sites (N-methyl/N-ethyl adjacent to an activating group) is 1. The summed E-state index contributed by atoms with van der Waals surface area (Å²) in [5.74, 6) is -3.61. The summed E-state index contributed by atoms with van der Waals surface area (Å²) in [5, 5.41) is 13.9. The molecule has 1 heterocycles.